The summed E-state index contributed by atoms with van der Waals surface area (Å²) in [6, 6.07) is 6.80. The molecule has 0 aliphatic carbocycles. The van der Waals surface area contributed by atoms with Crippen molar-refractivity contribution in [3.05, 3.63) is 52.1 Å². The van der Waals surface area contributed by atoms with Crippen molar-refractivity contribution in [2.75, 3.05) is 25.1 Å². The van der Waals surface area contributed by atoms with Gasteiger partial charge in [0, 0.05) is 19.1 Å². The maximum absolute atomic E-state index is 12.6. The van der Waals surface area contributed by atoms with Gasteiger partial charge in [0.15, 0.2) is 17.4 Å². The van der Waals surface area contributed by atoms with Crippen molar-refractivity contribution < 1.29 is 34.1 Å². The number of anilines is 1. The Balaban J connectivity index is 1.18. The van der Waals surface area contributed by atoms with Crippen LogP contribution in [0.3, 0.4) is 0 Å². The minimum Gasteiger partial charge on any atom is -0.394 e. The number of unbranched alkanes of at least 4 members (excludes halogenated alkanes) is 3. The maximum atomic E-state index is 12.6. The number of aromatic amines is 1. The van der Waals surface area contributed by atoms with Gasteiger partial charge in [-0.25, -0.2) is 4.98 Å². The Morgan fingerprint density at radius 1 is 1.12 bits per heavy atom. The van der Waals surface area contributed by atoms with Crippen LogP contribution in [0.1, 0.15) is 66.5 Å². The van der Waals surface area contributed by atoms with E-state index in [0.29, 0.717) is 30.5 Å². The molecule has 5 rings (SSSR count). The Morgan fingerprint density at radius 3 is 2.48 bits per heavy atom. The zero-order chi connectivity index (χ0) is 30.0. The van der Waals surface area contributed by atoms with Gasteiger partial charge in [0.2, 0.25) is 11.9 Å². The molecule has 14 nitrogen and oxygen atoms in total. The minimum absolute atomic E-state index is 0.0138. The lowest BCUT2D eigenvalue weighted by atomic mass is 10.1. The predicted molar refractivity (Wildman–Crippen MR) is 149 cm³/mol. The third-order valence-corrected chi connectivity index (χ3v) is 7.43. The average Bonchev–Trinajstić information content (AvgIpc) is 3.61. The highest BCUT2D eigenvalue weighted by atomic mass is 16.6. The van der Waals surface area contributed by atoms with Gasteiger partial charge in [0.25, 0.3) is 17.4 Å². The zero-order valence-corrected chi connectivity index (χ0v) is 23.4. The first-order chi connectivity index (χ1) is 20.2. The van der Waals surface area contributed by atoms with Crippen molar-refractivity contribution in [3.8, 4) is 0 Å². The number of hydrogen-bond donors (Lipinski definition) is 4. The number of imidazole rings is 1. The number of ether oxygens (including phenoxy) is 2. The first-order valence-corrected chi connectivity index (χ1v) is 14.0. The largest absolute Gasteiger partial charge is 0.394 e. The van der Waals surface area contributed by atoms with E-state index in [2.05, 4.69) is 20.3 Å². The molecule has 4 atom stereocenters. The first-order valence-electron chi connectivity index (χ1n) is 14.0. The molecule has 1 aromatic carbocycles. The maximum Gasteiger partial charge on any atom is 0.280 e. The van der Waals surface area contributed by atoms with E-state index < -0.39 is 36.7 Å². The number of nitrogens with zero attached hydrogens (tertiary/aromatic N) is 4. The summed E-state index contributed by atoms with van der Waals surface area (Å²) in [6.07, 6.45) is 0.202. The predicted octanol–water partition coefficient (Wildman–Crippen LogP) is 1.21. The average molecular weight is 583 g/mol. The molecular weight excluding hydrogens is 548 g/mol. The SMILES string of the molecule is CC(C)C(=O)Nc1nc2c(ncn2C2OC(CO)C(O)C2OCCCCCCN2C(=O)c3ccccc3C2=O)c(=O)[nH]1. The molecule has 2 aromatic heterocycles. The van der Waals surface area contributed by atoms with Crippen LogP contribution in [0.4, 0.5) is 5.95 Å². The smallest absolute Gasteiger partial charge is 0.280 e. The van der Waals surface area contributed by atoms with E-state index in [-0.39, 0.29) is 47.4 Å². The second-order valence-corrected chi connectivity index (χ2v) is 10.7. The quantitative estimate of drug-likeness (QED) is 0.178. The normalized spacial score (nSPS) is 22.0. The van der Waals surface area contributed by atoms with E-state index in [9.17, 15) is 29.4 Å². The molecule has 0 spiro atoms. The van der Waals surface area contributed by atoms with Crippen LogP contribution in [0.2, 0.25) is 0 Å². The van der Waals surface area contributed by atoms with Crippen LogP contribution in [-0.2, 0) is 14.3 Å². The summed E-state index contributed by atoms with van der Waals surface area (Å²) in [7, 11) is 0. The molecule has 4 heterocycles. The van der Waals surface area contributed by atoms with E-state index in [4.69, 9.17) is 9.47 Å². The number of fused-ring (bicyclic) bond motifs is 2. The number of benzene rings is 1. The Labute approximate surface area is 240 Å². The Bertz CT molecular complexity index is 1500. The molecule has 3 amide bonds. The number of carbonyl (C=O) groups is 3. The fraction of sp³-hybridized carbons (Fsp3) is 0.500. The molecule has 4 unspecified atom stereocenters. The van der Waals surface area contributed by atoms with Crippen molar-refractivity contribution >= 4 is 34.8 Å². The van der Waals surface area contributed by atoms with E-state index in [0.717, 1.165) is 12.8 Å². The molecule has 4 N–H and O–H groups in total. The van der Waals surface area contributed by atoms with Crippen molar-refractivity contribution in [1.29, 1.82) is 0 Å². The summed E-state index contributed by atoms with van der Waals surface area (Å²) in [6.45, 7) is 3.56. The highest BCUT2D eigenvalue weighted by molar-refractivity contribution is 6.21. The monoisotopic (exact) mass is 582 g/mol. The topological polar surface area (TPSA) is 189 Å². The summed E-state index contributed by atoms with van der Waals surface area (Å²) < 4.78 is 13.3. The van der Waals surface area contributed by atoms with Crippen LogP contribution in [0.15, 0.2) is 35.4 Å². The molecule has 14 heteroatoms. The lowest BCUT2D eigenvalue weighted by molar-refractivity contribution is -0.118. The van der Waals surface area contributed by atoms with Crippen LogP contribution in [0, 0.1) is 5.92 Å². The summed E-state index contributed by atoms with van der Waals surface area (Å²) in [5, 5.41) is 23.1. The standard InChI is InChI=1S/C28H34N6O8/c1-15(2)23(37)31-28-30-22-19(24(38)32-28)29-14-34(22)27-21(20(36)18(13-35)42-27)41-12-8-4-3-7-11-33-25(39)16-9-5-6-10-17(16)26(33)40/h5-6,9-10,14-15,18,20-21,27,35-36H,3-4,7-8,11-13H2,1-2H3,(H2,30,31,32,37,38). The molecular formula is C28H34N6O8. The van der Waals surface area contributed by atoms with Crippen LogP contribution < -0.4 is 10.9 Å². The Kier molecular flexibility index (Phi) is 8.77. The second-order valence-electron chi connectivity index (χ2n) is 10.7. The summed E-state index contributed by atoms with van der Waals surface area (Å²) in [5.74, 6) is -1.26. The first kappa shape index (κ1) is 29.5. The number of imide groups is 1. The van der Waals surface area contributed by atoms with E-state index in [1.54, 1.807) is 38.1 Å². The fourth-order valence-corrected chi connectivity index (χ4v) is 5.09. The highest BCUT2D eigenvalue weighted by Gasteiger charge is 2.46. The number of aliphatic hydroxyl groups excluding tert-OH is 2. The van der Waals surface area contributed by atoms with E-state index in [1.165, 1.54) is 15.8 Å². The Hall–Kier alpha value is -3.98. The van der Waals surface area contributed by atoms with Gasteiger partial charge in [-0.05, 0) is 25.0 Å². The molecule has 2 aliphatic heterocycles. The van der Waals surface area contributed by atoms with Crippen molar-refractivity contribution in [2.45, 2.75) is 64.1 Å². The van der Waals surface area contributed by atoms with Gasteiger partial charge in [0.1, 0.15) is 18.3 Å². The van der Waals surface area contributed by atoms with Crippen molar-refractivity contribution in [3.63, 3.8) is 0 Å². The summed E-state index contributed by atoms with van der Waals surface area (Å²) in [5.41, 5.74) is 0.445. The lowest BCUT2D eigenvalue weighted by Crippen LogP contribution is -2.35. The van der Waals surface area contributed by atoms with Gasteiger partial charge in [-0.2, -0.15) is 4.98 Å². The molecule has 1 fully saturated rings. The van der Waals surface area contributed by atoms with Gasteiger partial charge in [-0.3, -0.25) is 38.9 Å². The number of aliphatic hydroxyl groups is 2. The number of nitrogens with one attached hydrogen (secondary N) is 2. The molecule has 2 aliphatic rings. The molecule has 0 bridgehead atoms. The number of amides is 3. The zero-order valence-electron chi connectivity index (χ0n) is 23.4. The third kappa shape index (κ3) is 5.70. The molecule has 1 saturated heterocycles. The van der Waals surface area contributed by atoms with Crippen LogP contribution in [0.5, 0.6) is 0 Å². The number of hydrogen-bond acceptors (Lipinski definition) is 10. The molecule has 3 aromatic rings. The van der Waals surface area contributed by atoms with Crippen molar-refractivity contribution in [1.82, 2.24) is 24.4 Å². The minimum atomic E-state index is -1.16. The van der Waals surface area contributed by atoms with Crippen molar-refractivity contribution in [2.24, 2.45) is 5.92 Å². The summed E-state index contributed by atoms with van der Waals surface area (Å²) >= 11 is 0. The van der Waals surface area contributed by atoms with Crippen LogP contribution in [0.25, 0.3) is 11.2 Å². The van der Waals surface area contributed by atoms with Gasteiger partial charge >= 0.3 is 0 Å². The van der Waals surface area contributed by atoms with Gasteiger partial charge in [0.05, 0.1) is 24.1 Å². The molecule has 42 heavy (non-hydrogen) atoms. The number of carbonyl (C=O) groups excluding carboxylic acids is 3. The lowest BCUT2D eigenvalue weighted by Gasteiger charge is -2.22. The Morgan fingerprint density at radius 2 is 1.81 bits per heavy atom. The van der Waals surface area contributed by atoms with E-state index >= 15 is 0 Å². The fourth-order valence-electron chi connectivity index (χ4n) is 5.09. The molecule has 224 valence electrons. The second kappa shape index (κ2) is 12.5. The number of rotatable bonds is 12. The van der Waals surface area contributed by atoms with Crippen LogP contribution >= 0.6 is 0 Å². The van der Waals surface area contributed by atoms with Crippen LogP contribution in [-0.4, -0.2) is 90.4 Å². The number of aromatic nitrogens is 4. The highest BCUT2D eigenvalue weighted by Crippen LogP contribution is 2.33. The third-order valence-electron chi connectivity index (χ3n) is 7.43. The van der Waals surface area contributed by atoms with E-state index in [1.807, 2.05) is 0 Å². The van der Waals surface area contributed by atoms with Gasteiger partial charge < -0.3 is 19.7 Å². The molecule has 0 saturated carbocycles. The summed E-state index contributed by atoms with van der Waals surface area (Å²) in [4.78, 5) is 62.0. The van der Waals surface area contributed by atoms with Gasteiger partial charge in [-0.15, -0.1) is 0 Å². The number of H-pyrrole nitrogens is 1. The molecule has 0 radical (unpaired) electrons. The van der Waals surface area contributed by atoms with Gasteiger partial charge in [-0.1, -0.05) is 38.8 Å².